The lowest BCUT2D eigenvalue weighted by Crippen LogP contribution is -2.61. The number of hydrogen-bond acceptors (Lipinski definition) is 3. The molecule has 2 heterocycles. The number of hydrogen-bond donors (Lipinski definition) is 1. The van der Waals surface area contributed by atoms with E-state index in [2.05, 4.69) is 26.1 Å². The van der Waals surface area contributed by atoms with Crippen LogP contribution in [0.4, 0.5) is 0 Å². The van der Waals surface area contributed by atoms with E-state index < -0.39 is 0 Å². The lowest BCUT2D eigenvalue weighted by Gasteiger charge is -2.45. The molecule has 2 aliphatic rings. The van der Waals surface area contributed by atoms with Gasteiger partial charge in [0.15, 0.2) is 0 Å². The van der Waals surface area contributed by atoms with Crippen molar-refractivity contribution >= 4 is 12.4 Å². The van der Waals surface area contributed by atoms with Gasteiger partial charge < -0.3 is 9.47 Å². The fourth-order valence-electron chi connectivity index (χ4n) is 2.08. The summed E-state index contributed by atoms with van der Waals surface area (Å²) in [5.74, 6) is 0. The molecule has 2 fully saturated rings. The minimum Gasteiger partial charge on any atom is -0.374 e. The minimum absolute atomic E-state index is 0. The van der Waals surface area contributed by atoms with Gasteiger partial charge in [-0.2, -0.15) is 0 Å². The molecule has 0 radical (unpaired) electrons. The van der Waals surface area contributed by atoms with Crippen molar-refractivity contribution in [2.24, 2.45) is 5.41 Å². The van der Waals surface area contributed by atoms with E-state index in [0.717, 1.165) is 32.6 Å². The molecular formula is C11H22ClNO2. The monoisotopic (exact) mass is 235 g/mol. The lowest BCUT2D eigenvalue weighted by molar-refractivity contribution is -0.182. The van der Waals surface area contributed by atoms with Crippen LogP contribution in [-0.4, -0.2) is 31.6 Å². The second kappa shape index (κ2) is 4.58. The highest BCUT2D eigenvalue weighted by Gasteiger charge is 2.43. The molecule has 0 spiro atoms. The summed E-state index contributed by atoms with van der Waals surface area (Å²) in [7, 11) is 0. The summed E-state index contributed by atoms with van der Waals surface area (Å²) in [5.41, 5.74) is -0.00979. The molecule has 0 aromatic heterocycles. The van der Waals surface area contributed by atoms with Crippen LogP contribution in [0.5, 0.6) is 0 Å². The summed E-state index contributed by atoms with van der Waals surface area (Å²) in [6.07, 6.45) is 2.51. The van der Waals surface area contributed by atoms with Gasteiger partial charge >= 0.3 is 0 Å². The van der Waals surface area contributed by atoms with E-state index in [-0.39, 0.29) is 29.7 Å². The van der Waals surface area contributed by atoms with Gasteiger partial charge in [-0.1, -0.05) is 13.8 Å². The molecule has 0 bridgehead atoms. The topological polar surface area (TPSA) is 30.5 Å². The van der Waals surface area contributed by atoms with Crippen LogP contribution in [0.25, 0.3) is 0 Å². The maximum atomic E-state index is 5.93. The zero-order chi connectivity index (χ0) is 10.2. The Balaban J connectivity index is 0.00000112. The second-order valence-corrected chi connectivity index (χ2v) is 5.42. The molecule has 2 atom stereocenters. The van der Waals surface area contributed by atoms with Gasteiger partial charge in [0, 0.05) is 18.6 Å². The first-order valence-electron chi connectivity index (χ1n) is 5.52. The molecule has 2 unspecified atom stereocenters. The predicted octanol–water partition coefficient (Wildman–Crippen LogP) is 1.95. The first kappa shape index (κ1) is 13.2. The Morgan fingerprint density at radius 2 is 2.00 bits per heavy atom. The Kier molecular flexibility index (Phi) is 4.04. The number of nitrogens with one attached hydrogen (secondary N) is 1. The Labute approximate surface area is 98.3 Å². The SMILES string of the molecule is CC1(C)CNC(C)(C2CCCO2)OC1.Cl. The summed E-state index contributed by atoms with van der Waals surface area (Å²) in [6, 6.07) is 0. The molecule has 0 aliphatic carbocycles. The van der Waals surface area contributed by atoms with Crippen LogP contribution in [-0.2, 0) is 9.47 Å². The van der Waals surface area contributed by atoms with Crippen LogP contribution in [0.15, 0.2) is 0 Å². The molecular weight excluding hydrogens is 214 g/mol. The van der Waals surface area contributed by atoms with Crippen molar-refractivity contribution in [3.8, 4) is 0 Å². The minimum atomic E-state index is -0.258. The Morgan fingerprint density at radius 1 is 1.27 bits per heavy atom. The third-order valence-electron chi connectivity index (χ3n) is 3.22. The summed E-state index contributed by atoms with van der Waals surface area (Å²) >= 11 is 0. The fourth-order valence-corrected chi connectivity index (χ4v) is 2.08. The molecule has 0 aromatic rings. The smallest absolute Gasteiger partial charge is 0.142 e. The van der Waals surface area contributed by atoms with Crippen LogP contribution in [0, 0.1) is 5.41 Å². The zero-order valence-electron chi connectivity index (χ0n) is 9.84. The largest absolute Gasteiger partial charge is 0.374 e. The molecule has 90 valence electrons. The number of halogens is 1. The van der Waals surface area contributed by atoms with Crippen molar-refractivity contribution in [1.29, 1.82) is 0 Å². The van der Waals surface area contributed by atoms with Gasteiger partial charge in [0.1, 0.15) is 5.72 Å². The second-order valence-electron chi connectivity index (χ2n) is 5.42. The third-order valence-corrected chi connectivity index (χ3v) is 3.22. The van der Waals surface area contributed by atoms with E-state index in [1.54, 1.807) is 0 Å². The fraction of sp³-hybridized carbons (Fsp3) is 1.00. The van der Waals surface area contributed by atoms with Gasteiger partial charge in [0.2, 0.25) is 0 Å². The summed E-state index contributed by atoms with van der Waals surface area (Å²) in [5, 5.41) is 3.48. The van der Waals surface area contributed by atoms with E-state index in [1.807, 2.05) is 0 Å². The Hall–Kier alpha value is 0.170. The summed E-state index contributed by atoms with van der Waals surface area (Å²) in [6.45, 7) is 9.25. The average Bonchev–Trinajstić information content (AvgIpc) is 2.64. The molecule has 3 nitrogen and oxygen atoms in total. The lowest BCUT2D eigenvalue weighted by atomic mass is 9.90. The van der Waals surface area contributed by atoms with Gasteiger partial charge in [0.25, 0.3) is 0 Å². The van der Waals surface area contributed by atoms with E-state index in [1.165, 1.54) is 0 Å². The van der Waals surface area contributed by atoms with Crippen molar-refractivity contribution in [3.05, 3.63) is 0 Å². The Bertz CT molecular complexity index is 205. The van der Waals surface area contributed by atoms with Crippen molar-refractivity contribution in [2.75, 3.05) is 19.8 Å². The normalized spacial score (nSPS) is 39.8. The highest BCUT2D eigenvalue weighted by Crippen LogP contribution is 2.31. The van der Waals surface area contributed by atoms with Crippen molar-refractivity contribution < 1.29 is 9.47 Å². The Morgan fingerprint density at radius 3 is 2.47 bits per heavy atom. The van der Waals surface area contributed by atoms with Crippen LogP contribution >= 0.6 is 12.4 Å². The van der Waals surface area contributed by atoms with Gasteiger partial charge in [0.05, 0.1) is 12.7 Å². The quantitative estimate of drug-likeness (QED) is 0.754. The molecule has 2 aliphatic heterocycles. The highest BCUT2D eigenvalue weighted by atomic mass is 35.5. The standard InChI is InChI=1S/C11H21NO2.ClH/c1-10(2)7-12-11(3,14-8-10)9-5-4-6-13-9;/h9,12H,4-8H2,1-3H3;1H. The first-order chi connectivity index (χ1) is 6.52. The summed E-state index contributed by atoms with van der Waals surface area (Å²) in [4.78, 5) is 0. The molecule has 2 rings (SSSR count). The van der Waals surface area contributed by atoms with E-state index in [9.17, 15) is 0 Å². The molecule has 2 saturated heterocycles. The molecule has 0 saturated carbocycles. The number of rotatable bonds is 1. The van der Waals surface area contributed by atoms with Crippen molar-refractivity contribution in [1.82, 2.24) is 5.32 Å². The van der Waals surface area contributed by atoms with Gasteiger partial charge in [-0.15, -0.1) is 12.4 Å². The zero-order valence-corrected chi connectivity index (χ0v) is 10.7. The van der Waals surface area contributed by atoms with E-state index in [0.29, 0.717) is 0 Å². The maximum absolute atomic E-state index is 5.93. The summed E-state index contributed by atoms with van der Waals surface area (Å²) < 4.78 is 11.6. The highest BCUT2D eigenvalue weighted by molar-refractivity contribution is 5.85. The van der Waals surface area contributed by atoms with Crippen LogP contribution in [0.3, 0.4) is 0 Å². The number of ether oxygens (including phenoxy) is 2. The first-order valence-corrected chi connectivity index (χ1v) is 5.52. The maximum Gasteiger partial charge on any atom is 0.142 e. The van der Waals surface area contributed by atoms with Gasteiger partial charge in [-0.3, -0.25) is 5.32 Å². The molecule has 15 heavy (non-hydrogen) atoms. The van der Waals surface area contributed by atoms with Crippen LogP contribution in [0.1, 0.15) is 33.6 Å². The van der Waals surface area contributed by atoms with E-state index >= 15 is 0 Å². The average molecular weight is 236 g/mol. The van der Waals surface area contributed by atoms with Gasteiger partial charge in [-0.05, 0) is 19.8 Å². The van der Waals surface area contributed by atoms with Crippen molar-refractivity contribution in [2.45, 2.75) is 45.4 Å². The predicted molar refractivity (Wildman–Crippen MR) is 62.4 cm³/mol. The molecule has 4 heteroatoms. The van der Waals surface area contributed by atoms with Crippen LogP contribution < -0.4 is 5.32 Å². The molecule has 0 amide bonds. The van der Waals surface area contributed by atoms with Crippen molar-refractivity contribution in [3.63, 3.8) is 0 Å². The van der Waals surface area contributed by atoms with Crippen LogP contribution in [0.2, 0.25) is 0 Å². The molecule has 0 aromatic carbocycles. The third kappa shape index (κ3) is 2.84. The van der Waals surface area contributed by atoms with E-state index in [4.69, 9.17) is 9.47 Å². The van der Waals surface area contributed by atoms with Gasteiger partial charge in [-0.25, -0.2) is 0 Å². The molecule has 1 N–H and O–H groups in total.